The first kappa shape index (κ1) is 21.7. The molecule has 2 radical (unpaired) electrons. The van der Waals surface area contributed by atoms with Crippen molar-refractivity contribution in [2.24, 2.45) is 0 Å². The van der Waals surface area contributed by atoms with E-state index in [9.17, 15) is 0 Å². The van der Waals surface area contributed by atoms with Gasteiger partial charge in [-0.1, -0.05) is 0 Å². The molecular formula is C24H26N6SSn. The summed E-state index contributed by atoms with van der Waals surface area (Å²) in [7, 11) is 0. The Labute approximate surface area is 202 Å². The minimum absolute atomic E-state index is 0.0523. The number of nitrogens with one attached hydrogen (secondary N) is 1. The second kappa shape index (κ2) is 9.02. The van der Waals surface area contributed by atoms with Crippen LogP contribution in [0.4, 0.5) is 11.4 Å². The van der Waals surface area contributed by atoms with Crippen molar-refractivity contribution in [1.29, 1.82) is 0 Å². The SMILES string of the molecule is CC(C)(C)c1cncc(Nc2cnc3cc[c]([Sn][c]4nnc(C5CCCC5)s4)nc3c2)c1. The zero-order valence-electron chi connectivity index (χ0n) is 18.6. The molecular weight excluding hydrogens is 523 g/mol. The quantitative estimate of drug-likeness (QED) is 0.376. The molecule has 0 spiro atoms. The van der Waals surface area contributed by atoms with Crippen molar-refractivity contribution in [3.8, 4) is 0 Å². The van der Waals surface area contributed by atoms with E-state index in [-0.39, 0.29) is 5.41 Å². The van der Waals surface area contributed by atoms with Gasteiger partial charge in [0.1, 0.15) is 0 Å². The van der Waals surface area contributed by atoms with Gasteiger partial charge in [-0.2, -0.15) is 0 Å². The monoisotopic (exact) mass is 550 g/mol. The van der Waals surface area contributed by atoms with Crippen LogP contribution in [0, 0.1) is 0 Å². The Morgan fingerprint density at radius 2 is 1.78 bits per heavy atom. The van der Waals surface area contributed by atoms with Gasteiger partial charge >= 0.3 is 203 Å². The fourth-order valence-corrected chi connectivity index (χ4v) is 8.70. The van der Waals surface area contributed by atoms with Crippen LogP contribution < -0.4 is 12.1 Å². The van der Waals surface area contributed by atoms with Gasteiger partial charge in [0.05, 0.1) is 0 Å². The molecule has 0 aliphatic heterocycles. The van der Waals surface area contributed by atoms with Gasteiger partial charge in [-0.3, -0.25) is 0 Å². The van der Waals surface area contributed by atoms with Crippen LogP contribution in [-0.4, -0.2) is 46.3 Å². The minimum atomic E-state index is -1.07. The van der Waals surface area contributed by atoms with Crippen LogP contribution in [0.15, 0.2) is 42.9 Å². The van der Waals surface area contributed by atoms with Crippen LogP contribution in [-0.2, 0) is 5.41 Å². The third-order valence-electron chi connectivity index (χ3n) is 5.81. The van der Waals surface area contributed by atoms with Gasteiger partial charge in [0, 0.05) is 0 Å². The van der Waals surface area contributed by atoms with Gasteiger partial charge < -0.3 is 0 Å². The molecule has 1 N–H and O–H groups in total. The first-order valence-electron chi connectivity index (χ1n) is 11.0. The molecule has 1 saturated carbocycles. The van der Waals surface area contributed by atoms with E-state index in [1.54, 1.807) is 0 Å². The van der Waals surface area contributed by atoms with E-state index in [2.05, 4.69) is 70.5 Å². The van der Waals surface area contributed by atoms with Crippen molar-refractivity contribution < 1.29 is 0 Å². The molecule has 8 heteroatoms. The zero-order valence-corrected chi connectivity index (χ0v) is 22.3. The van der Waals surface area contributed by atoms with Crippen molar-refractivity contribution in [3.63, 3.8) is 0 Å². The van der Waals surface area contributed by atoms with Gasteiger partial charge in [-0.15, -0.1) is 0 Å². The molecule has 1 fully saturated rings. The Morgan fingerprint density at radius 3 is 2.59 bits per heavy atom. The second-order valence-corrected chi connectivity index (χ2v) is 14.9. The maximum atomic E-state index is 4.93. The summed E-state index contributed by atoms with van der Waals surface area (Å²) in [5.74, 6) is 0.634. The van der Waals surface area contributed by atoms with E-state index in [4.69, 9.17) is 4.98 Å². The van der Waals surface area contributed by atoms with Gasteiger partial charge in [-0.05, 0) is 0 Å². The Bertz CT molecular complexity index is 1240. The Kier molecular flexibility index (Phi) is 6.11. The van der Waals surface area contributed by atoms with E-state index in [0.717, 1.165) is 26.1 Å². The van der Waals surface area contributed by atoms with Crippen molar-refractivity contribution >= 4 is 61.6 Å². The molecule has 0 amide bonds. The number of anilines is 2. The molecule has 0 aromatic carbocycles. The van der Waals surface area contributed by atoms with Gasteiger partial charge in [-0.25, -0.2) is 0 Å². The molecule has 5 rings (SSSR count). The molecule has 0 bridgehead atoms. The molecule has 4 heterocycles. The summed E-state index contributed by atoms with van der Waals surface area (Å²) in [5.41, 5.74) is 4.94. The number of hydrogen-bond donors (Lipinski definition) is 1. The summed E-state index contributed by atoms with van der Waals surface area (Å²) in [6.45, 7) is 6.57. The molecule has 0 atom stereocenters. The molecule has 0 saturated heterocycles. The molecule has 4 aromatic heterocycles. The Morgan fingerprint density at radius 1 is 0.969 bits per heavy atom. The van der Waals surface area contributed by atoms with Gasteiger partial charge in [0.15, 0.2) is 0 Å². The van der Waals surface area contributed by atoms with E-state index >= 15 is 0 Å². The Balaban J connectivity index is 1.35. The van der Waals surface area contributed by atoms with Gasteiger partial charge in [0.25, 0.3) is 0 Å². The molecule has 1 aliphatic rings. The molecule has 6 nitrogen and oxygen atoms in total. The predicted octanol–water partition coefficient (Wildman–Crippen LogP) is 4.23. The van der Waals surface area contributed by atoms with Crippen LogP contribution in [0.25, 0.3) is 11.0 Å². The van der Waals surface area contributed by atoms with Crippen LogP contribution >= 0.6 is 11.3 Å². The van der Waals surface area contributed by atoms with Crippen LogP contribution in [0.5, 0.6) is 0 Å². The molecule has 32 heavy (non-hydrogen) atoms. The zero-order chi connectivity index (χ0) is 22.1. The van der Waals surface area contributed by atoms with Crippen molar-refractivity contribution in [3.05, 3.63) is 53.4 Å². The van der Waals surface area contributed by atoms with Gasteiger partial charge in [0.2, 0.25) is 0 Å². The van der Waals surface area contributed by atoms with E-state index in [1.807, 2.05) is 29.9 Å². The molecule has 162 valence electrons. The summed E-state index contributed by atoms with van der Waals surface area (Å²) < 4.78 is 2.36. The second-order valence-electron chi connectivity index (χ2n) is 9.35. The summed E-state index contributed by atoms with van der Waals surface area (Å²) in [5, 5.41) is 13.7. The maximum absolute atomic E-state index is 4.93. The number of hydrogen-bond acceptors (Lipinski definition) is 7. The van der Waals surface area contributed by atoms with E-state index < -0.39 is 21.1 Å². The number of aromatic nitrogens is 5. The number of fused-ring (bicyclic) bond motifs is 1. The summed E-state index contributed by atoms with van der Waals surface area (Å²) >= 11 is 0.750. The van der Waals surface area contributed by atoms with Crippen molar-refractivity contribution in [1.82, 2.24) is 25.1 Å². The van der Waals surface area contributed by atoms with Crippen molar-refractivity contribution in [2.45, 2.75) is 57.8 Å². The van der Waals surface area contributed by atoms with Crippen molar-refractivity contribution in [2.75, 3.05) is 5.32 Å². The average Bonchev–Trinajstić information content (AvgIpc) is 3.45. The topological polar surface area (TPSA) is 76.5 Å². The fourth-order valence-electron chi connectivity index (χ4n) is 3.96. The molecule has 4 aromatic rings. The number of rotatable bonds is 5. The summed E-state index contributed by atoms with van der Waals surface area (Å²) in [6.07, 6.45) is 10.8. The summed E-state index contributed by atoms with van der Waals surface area (Å²) in [6, 6.07) is 8.40. The van der Waals surface area contributed by atoms with Crippen LogP contribution in [0.2, 0.25) is 0 Å². The third-order valence-corrected chi connectivity index (χ3v) is 10.7. The number of nitrogens with zero attached hydrogens (tertiary/aromatic N) is 5. The average molecular weight is 549 g/mol. The normalized spacial score (nSPS) is 14.8. The molecule has 0 unspecified atom stereocenters. The number of pyridine rings is 3. The van der Waals surface area contributed by atoms with Crippen LogP contribution in [0.3, 0.4) is 0 Å². The Hall–Kier alpha value is -2.13. The standard InChI is InChI=1S/C17H17N4.C7H9N2S.Sn/c1-17(2,3)12-7-13(10-18-9-12)21-14-8-16-15(20-11-14)5-4-6-19-16;1-2-4-6(3-1)7-9-8-5-10-7;/h4-5,7-11,21H,1-3H3;6H,1-4H2;. The first-order chi connectivity index (χ1) is 15.4. The molecule has 1 aliphatic carbocycles. The first-order valence-corrected chi connectivity index (χ1v) is 14.7. The predicted molar refractivity (Wildman–Crippen MR) is 132 cm³/mol. The fraction of sp³-hybridized carbons (Fsp3) is 0.375. The van der Waals surface area contributed by atoms with E-state index in [1.165, 1.54) is 39.3 Å². The van der Waals surface area contributed by atoms with E-state index in [0.29, 0.717) is 5.92 Å². The third kappa shape index (κ3) is 4.93. The van der Waals surface area contributed by atoms with Crippen LogP contribution in [0.1, 0.15) is 62.9 Å². The summed E-state index contributed by atoms with van der Waals surface area (Å²) in [4.78, 5) is 13.9.